The van der Waals surface area contributed by atoms with E-state index in [-0.39, 0.29) is 46.3 Å². The van der Waals surface area contributed by atoms with Crippen LogP contribution in [0.15, 0.2) is 0 Å². The second-order valence-corrected chi connectivity index (χ2v) is 9.90. The number of nitrogens with two attached hydrogens (primary N) is 1. The highest BCUT2D eigenvalue weighted by atomic mass is 16.3. The zero-order chi connectivity index (χ0) is 18.1. The third kappa shape index (κ3) is 2.09. The molecule has 5 N–H and O–H groups in total. The molecule has 1 aliphatic heterocycles. The molecule has 4 fully saturated rings. The number of aliphatic hydroxyl groups excluding tert-OH is 2. The average molecular weight is 351 g/mol. The minimum Gasteiger partial charge on any atom is -0.396 e. The number of aliphatic hydroxyl groups is 2. The summed E-state index contributed by atoms with van der Waals surface area (Å²) in [6, 6.07) is 0. The molecule has 4 aliphatic rings. The van der Waals surface area contributed by atoms with Gasteiger partial charge in [0, 0.05) is 24.0 Å². The fraction of sp³-hybridized carbons (Fsp3) is 0.950. The summed E-state index contributed by atoms with van der Waals surface area (Å²) in [5.74, 6) is 0.798. The molecule has 1 amide bonds. The molecular formula is C20H34N2O3. The smallest absolute Gasteiger partial charge is 0.220 e. The summed E-state index contributed by atoms with van der Waals surface area (Å²) in [7, 11) is 0. The van der Waals surface area contributed by atoms with Crippen LogP contribution in [-0.4, -0.2) is 40.9 Å². The molecule has 0 aromatic carbocycles. The third-order valence-corrected chi connectivity index (χ3v) is 9.18. The molecule has 0 aromatic rings. The lowest BCUT2D eigenvalue weighted by atomic mass is 9.49. The van der Waals surface area contributed by atoms with Crippen LogP contribution in [0.4, 0.5) is 0 Å². The van der Waals surface area contributed by atoms with Gasteiger partial charge in [-0.1, -0.05) is 6.92 Å². The Labute approximate surface area is 150 Å². The maximum atomic E-state index is 12.1. The van der Waals surface area contributed by atoms with Crippen LogP contribution in [0.25, 0.3) is 0 Å². The number of amides is 1. The number of nitrogens with one attached hydrogen (secondary N) is 1. The first kappa shape index (κ1) is 17.7. The molecule has 5 nitrogen and oxygen atoms in total. The van der Waals surface area contributed by atoms with Crippen LogP contribution >= 0.6 is 0 Å². The Morgan fingerprint density at radius 2 is 2.00 bits per heavy atom. The summed E-state index contributed by atoms with van der Waals surface area (Å²) in [6.45, 7) is 5.37. The van der Waals surface area contributed by atoms with Crippen LogP contribution in [0.3, 0.4) is 0 Å². The molecule has 7 atom stereocenters. The molecule has 0 aromatic heterocycles. The van der Waals surface area contributed by atoms with Crippen molar-refractivity contribution in [3.05, 3.63) is 0 Å². The van der Waals surface area contributed by atoms with Crippen LogP contribution < -0.4 is 11.1 Å². The van der Waals surface area contributed by atoms with E-state index < -0.39 is 0 Å². The Balaban J connectivity index is 1.70. The van der Waals surface area contributed by atoms with E-state index in [4.69, 9.17) is 5.73 Å². The summed E-state index contributed by atoms with van der Waals surface area (Å²) in [5.41, 5.74) is 6.53. The van der Waals surface area contributed by atoms with Crippen molar-refractivity contribution in [2.45, 2.75) is 76.9 Å². The van der Waals surface area contributed by atoms with Gasteiger partial charge >= 0.3 is 0 Å². The van der Waals surface area contributed by atoms with Gasteiger partial charge in [0.05, 0.1) is 6.10 Å². The molecule has 3 saturated carbocycles. The summed E-state index contributed by atoms with van der Waals surface area (Å²) < 4.78 is 0. The number of rotatable bonds is 3. The fourth-order valence-electron chi connectivity index (χ4n) is 7.65. The van der Waals surface area contributed by atoms with Gasteiger partial charge in [-0.3, -0.25) is 4.79 Å². The van der Waals surface area contributed by atoms with Gasteiger partial charge < -0.3 is 21.3 Å². The topological polar surface area (TPSA) is 95.6 Å². The SMILES string of the molecule is C[C@]1([C@H]2CC[C@]3(C)NC(=O)CC[C@]34C[C@@]24CN)CC[C@H](O)C[C@@H]1CO. The van der Waals surface area contributed by atoms with Crippen molar-refractivity contribution in [2.24, 2.45) is 33.8 Å². The van der Waals surface area contributed by atoms with Crippen molar-refractivity contribution >= 4 is 5.91 Å². The zero-order valence-corrected chi connectivity index (χ0v) is 15.7. The summed E-state index contributed by atoms with van der Waals surface area (Å²) >= 11 is 0. The van der Waals surface area contributed by atoms with Crippen LogP contribution in [-0.2, 0) is 4.79 Å². The Hall–Kier alpha value is -0.650. The molecular weight excluding hydrogens is 316 g/mol. The lowest BCUT2D eigenvalue weighted by molar-refractivity contribution is -0.134. The van der Waals surface area contributed by atoms with Crippen molar-refractivity contribution in [2.75, 3.05) is 13.2 Å². The highest BCUT2D eigenvalue weighted by Crippen LogP contribution is 2.81. The summed E-state index contributed by atoms with van der Waals surface area (Å²) in [4.78, 5) is 12.1. The average Bonchev–Trinajstić information content (AvgIpc) is 3.26. The first-order chi connectivity index (χ1) is 11.8. The second-order valence-electron chi connectivity index (χ2n) is 9.90. The maximum absolute atomic E-state index is 12.1. The van der Waals surface area contributed by atoms with E-state index in [0.717, 1.165) is 38.5 Å². The number of hydrogen-bond donors (Lipinski definition) is 4. The lowest BCUT2D eigenvalue weighted by Gasteiger charge is -2.58. The van der Waals surface area contributed by atoms with Gasteiger partial charge in [-0.25, -0.2) is 0 Å². The second kappa shape index (κ2) is 5.43. The highest BCUT2D eigenvalue weighted by molar-refractivity contribution is 5.78. The van der Waals surface area contributed by atoms with E-state index in [9.17, 15) is 15.0 Å². The standard InChI is InChI=1S/C20H34N2O3/c1-17(6-3-14(24)9-13(17)10-23)15-4-7-18(2)20(8-5-16(25)22-18)11-19(15,20)12-21/h13-15,23-24H,3-12,21H2,1-2H3,(H,22,25)/t13-,14+,15-,17+,18+,19-,20+/m1/s1. The fourth-order valence-corrected chi connectivity index (χ4v) is 7.65. The van der Waals surface area contributed by atoms with Gasteiger partial charge in [0.2, 0.25) is 5.91 Å². The van der Waals surface area contributed by atoms with Crippen molar-refractivity contribution < 1.29 is 15.0 Å². The van der Waals surface area contributed by atoms with E-state index in [1.165, 1.54) is 0 Å². The van der Waals surface area contributed by atoms with Gasteiger partial charge in [-0.15, -0.1) is 0 Å². The summed E-state index contributed by atoms with van der Waals surface area (Å²) in [6.07, 6.45) is 6.93. The molecule has 0 unspecified atom stereocenters. The van der Waals surface area contributed by atoms with E-state index in [1.54, 1.807) is 0 Å². The Bertz CT molecular complexity index is 583. The molecule has 142 valence electrons. The largest absolute Gasteiger partial charge is 0.396 e. The van der Waals surface area contributed by atoms with Gasteiger partial charge in [0.15, 0.2) is 0 Å². The lowest BCUT2D eigenvalue weighted by Crippen LogP contribution is -2.63. The zero-order valence-electron chi connectivity index (χ0n) is 15.7. The van der Waals surface area contributed by atoms with Crippen molar-refractivity contribution in [3.8, 4) is 0 Å². The maximum Gasteiger partial charge on any atom is 0.220 e. The van der Waals surface area contributed by atoms with E-state index in [0.29, 0.717) is 25.3 Å². The van der Waals surface area contributed by atoms with Crippen LogP contribution in [0.1, 0.15) is 65.2 Å². The summed E-state index contributed by atoms with van der Waals surface area (Å²) in [5, 5.41) is 23.5. The molecule has 5 heteroatoms. The van der Waals surface area contributed by atoms with Crippen molar-refractivity contribution in [1.29, 1.82) is 0 Å². The normalized spacial score (nSPS) is 55.1. The monoisotopic (exact) mass is 350 g/mol. The van der Waals surface area contributed by atoms with Crippen LogP contribution in [0.2, 0.25) is 0 Å². The van der Waals surface area contributed by atoms with Crippen LogP contribution in [0.5, 0.6) is 0 Å². The molecule has 1 saturated heterocycles. The van der Waals surface area contributed by atoms with E-state index in [1.807, 2.05) is 0 Å². The van der Waals surface area contributed by atoms with Gasteiger partial charge in [0.1, 0.15) is 0 Å². The van der Waals surface area contributed by atoms with Crippen molar-refractivity contribution in [1.82, 2.24) is 5.32 Å². The van der Waals surface area contributed by atoms with E-state index >= 15 is 0 Å². The Morgan fingerprint density at radius 3 is 2.68 bits per heavy atom. The number of hydrogen-bond acceptors (Lipinski definition) is 4. The molecule has 4 rings (SSSR count). The third-order valence-electron chi connectivity index (χ3n) is 9.18. The molecule has 1 heterocycles. The number of carbonyl (C=O) groups is 1. The molecule has 3 aliphatic carbocycles. The number of piperidine rings is 1. The predicted octanol–water partition coefficient (Wildman–Crippen LogP) is 1.56. The minimum atomic E-state index is -0.282. The highest BCUT2D eigenvalue weighted by Gasteiger charge is 2.80. The predicted molar refractivity (Wildman–Crippen MR) is 95.6 cm³/mol. The van der Waals surface area contributed by atoms with Crippen molar-refractivity contribution in [3.63, 3.8) is 0 Å². The van der Waals surface area contributed by atoms with Gasteiger partial charge in [-0.2, -0.15) is 0 Å². The van der Waals surface area contributed by atoms with Gasteiger partial charge in [-0.05, 0) is 81.1 Å². The minimum absolute atomic E-state index is 0.0274. The first-order valence-electron chi connectivity index (χ1n) is 10.1. The Morgan fingerprint density at radius 1 is 1.24 bits per heavy atom. The first-order valence-corrected chi connectivity index (χ1v) is 10.1. The molecule has 0 radical (unpaired) electrons. The molecule has 1 spiro atoms. The number of carbonyl (C=O) groups excluding carboxylic acids is 1. The van der Waals surface area contributed by atoms with Crippen LogP contribution in [0, 0.1) is 28.1 Å². The molecule has 25 heavy (non-hydrogen) atoms. The molecule has 0 bridgehead atoms. The van der Waals surface area contributed by atoms with Gasteiger partial charge in [0.25, 0.3) is 0 Å². The Kier molecular flexibility index (Phi) is 3.85. The quantitative estimate of drug-likeness (QED) is 0.621. The van der Waals surface area contributed by atoms with E-state index in [2.05, 4.69) is 19.2 Å².